The number of imidazole rings is 1. The van der Waals surface area contributed by atoms with Crippen molar-refractivity contribution >= 4 is 0 Å². The summed E-state index contributed by atoms with van der Waals surface area (Å²) in [5.41, 5.74) is 2.54. The van der Waals surface area contributed by atoms with Crippen LogP contribution in [-0.4, -0.2) is 40.0 Å². The number of H-pyrrole nitrogens is 1. The normalized spacial score (nSPS) is 23.7. The van der Waals surface area contributed by atoms with E-state index in [4.69, 9.17) is 0 Å². The van der Waals surface area contributed by atoms with Gasteiger partial charge in [-0.05, 0) is 18.8 Å². The first-order valence-electron chi connectivity index (χ1n) is 8.21. The van der Waals surface area contributed by atoms with Crippen LogP contribution >= 0.6 is 0 Å². The molecule has 0 spiro atoms. The van der Waals surface area contributed by atoms with E-state index < -0.39 is 0 Å². The van der Waals surface area contributed by atoms with Crippen LogP contribution in [0.15, 0.2) is 6.33 Å². The maximum atomic E-state index is 4.46. The highest BCUT2D eigenvalue weighted by Gasteiger charge is 2.27. The molecule has 4 heteroatoms. The average Bonchev–Trinajstić information content (AvgIpc) is 3.08. The molecule has 0 bridgehead atoms. The lowest BCUT2D eigenvalue weighted by molar-refractivity contribution is 0.155. The van der Waals surface area contributed by atoms with Crippen LogP contribution in [0.5, 0.6) is 0 Å². The lowest BCUT2D eigenvalue weighted by atomic mass is 10.0. The van der Waals surface area contributed by atoms with Gasteiger partial charge in [-0.1, -0.05) is 26.7 Å². The van der Waals surface area contributed by atoms with Crippen LogP contribution in [0.4, 0.5) is 0 Å². The minimum atomic E-state index is 0.560. The van der Waals surface area contributed by atoms with E-state index in [0.717, 1.165) is 24.9 Å². The number of hydrogen-bond donors (Lipinski definition) is 2. The monoisotopic (exact) mass is 276 g/mol. The van der Waals surface area contributed by atoms with Crippen molar-refractivity contribution in [3.05, 3.63) is 17.7 Å². The second-order valence-electron chi connectivity index (χ2n) is 6.90. The second-order valence-corrected chi connectivity index (χ2v) is 6.90. The van der Waals surface area contributed by atoms with Gasteiger partial charge in [0.05, 0.1) is 17.7 Å². The van der Waals surface area contributed by atoms with Crippen molar-refractivity contribution in [1.82, 2.24) is 20.2 Å². The Morgan fingerprint density at radius 2 is 2.15 bits per heavy atom. The molecule has 1 fully saturated rings. The molecule has 1 aromatic heterocycles. The topological polar surface area (TPSA) is 44.0 Å². The van der Waals surface area contributed by atoms with Crippen molar-refractivity contribution in [1.29, 1.82) is 0 Å². The summed E-state index contributed by atoms with van der Waals surface area (Å²) >= 11 is 0. The lowest BCUT2D eigenvalue weighted by Crippen LogP contribution is -2.48. The first kappa shape index (κ1) is 14.1. The Hall–Kier alpha value is -0.870. The maximum absolute atomic E-state index is 4.46. The van der Waals surface area contributed by atoms with E-state index in [2.05, 4.69) is 34.0 Å². The van der Waals surface area contributed by atoms with Gasteiger partial charge >= 0.3 is 0 Å². The second kappa shape index (κ2) is 6.27. The molecule has 3 rings (SSSR count). The van der Waals surface area contributed by atoms with Gasteiger partial charge in [0.25, 0.3) is 0 Å². The number of nitrogens with one attached hydrogen (secondary N) is 2. The van der Waals surface area contributed by atoms with Gasteiger partial charge < -0.3 is 10.3 Å². The van der Waals surface area contributed by atoms with Crippen LogP contribution in [0, 0.1) is 5.92 Å². The van der Waals surface area contributed by atoms with E-state index >= 15 is 0 Å². The Balaban J connectivity index is 1.61. The van der Waals surface area contributed by atoms with Gasteiger partial charge in [0.2, 0.25) is 0 Å². The number of aromatic amines is 1. The molecule has 1 saturated carbocycles. The summed E-state index contributed by atoms with van der Waals surface area (Å²) in [5.74, 6) is 0.750. The molecule has 1 unspecified atom stereocenters. The molecule has 2 N–H and O–H groups in total. The third-order valence-corrected chi connectivity index (χ3v) is 4.71. The fourth-order valence-corrected chi connectivity index (χ4v) is 3.75. The molecule has 0 aromatic carbocycles. The van der Waals surface area contributed by atoms with Gasteiger partial charge in [-0.25, -0.2) is 4.98 Å². The molecule has 2 aliphatic rings. The number of rotatable bonds is 5. The average molecular weight is 276 g/mol. The molecule has 0 saturated heterocycles. The summed E-state index contributed by atoms with van der Waals surface area (Å²) in [4.78, 5) is 10.4. The molecular formula is C16H28N4. The molecule has 1 aromatic rings. The molecule has 2 heterocycles. The number of fused-ring (bicyclic) bond motifs is 1. The molecule has 1 atom stereocenters. The zero-order valence-corrected chi connectivity index (χ0v) is 12.9. The van der Waals surface area contributed by atoms with Gasteiger partial charge in [-0.3, -0.25) is 4.90 Å². The Morgan fingerprint density at radius 1 is 1.35 bits per heavy atom. The minimum absolute atomic E-state index is 0.560. The van der Waals surface area contributed by atoms with Gasteiger partial charge in [-0.15, -0.1) is 0 Å². The highest BCUT2D eigenvalue weighted by atomic mass is 15.2. The molecule has 1 aliphatic carbocycles. The summed E-state index contributed by atoms with van der Waals surface area (Å²) in [6.07, 6.45) is 8.53. The summed E-state index contributed by atoms with van der Waals surface area (Å²) in [6.45, 7) is 8.02. The molecule has 0 amide bonds. The highest BCUT2D eigenvalue weighted by molar-refractivity contribution is 5.16. The Morgan fingerprint density at radius 3 is 2.90 bits per heavy atom. The molecule has 20 heavy (non-hydrogen) atoms. The van der Waals surface area contributed by atoms with Crippen LogP contribution in [0.3, 0.4) is 0 Å². The standard InChI is InChI=1S/C16H28N4/c1-12(2)9-20(14-5-3-4-6-14)10-13-7-15-16(8-17-13)19-11-18-15/h11-14,17H,3-10H2,1-2H3,(H,18,19). The maximum Gasteiger partial charge on any atom is 0.0925 e. The molecule has 0 radical (unpaired) electrons. The summed E-state index contributed by atoms with van der Waals surface area (Å²) < 4.78 is 0. The number of hydrogen-bond acceptors (Lipinski definition) is 3. The van der Waals surface area contributed by atoms with Gasteiger partial charge in [-0.2, -0.15) is 0 Å². The van der Waals surface area contributed by atoms with E-state index in [9.17, 15) is 0 Å². The van der Waals surface area contributed by atoms with E-state index in [-0.39, 0.29) is 0 Å². The first-order valence-corrected chi connectivity index (χ1v) is 8.21. The largest absolute Gasteiger partial charge is 0.347 e. The third kappa shape index (κ3) is 3.23. The predicted octanol–water partition coefficient (Wildman–Crippen LogP) is 2.32. The first-order chi connectivity index (χ1) is 9.72. The van der Waals surface area contributed by atoms with Crippen LogP contribution in [-0.2, 0) is 13.0 Å². The summed E-state index contributed by atoms with van der Waals surface area (Å²) in [7, 11) is 0. The summed E-state index contributed by atoms with van der Waals surface area (Å²) in [6, 6.07) is 1.38. The highest BCUT2D eigenvalue weighted by Crippen LogP contribution is 2.25. The van der Waals surface area contributed by atoms with E-state index in [1.807, 2.05) is 6.33 Å². The van der Waals surface area contributed by atoms with Crippen molar-refractivity contribution < 1.29 is 0 Å². The van der Waals surface area contributed by atoms with E-state index in [0.29, 0.717) is 6.04 Å². The molecule has 1 aliphatic heterocycles. The summed E-state index contributed by atoms with van der Waals surface area (Å²) in [5, 5.41) is 3.68. The Labute approximate surface area is 122 Å². The van der Waals surface area contributed by atoms with Crippen LogP contribution < -0.4 is 5.32 Å². The van der Waals surface area contributed by atoms with Crippen molar-refractivity contribution in [3.8, 4) is 0 Å². The number of aromatic nitrogens is 2. The van der Waals surface area contributed by atoms with Crippen molar-refractivity contribution in [2.24, 2.45) is 5.92 Å². The fraction of sp³-hybridized carbons (Fsp3) is 0.812. The van der Waals surface area contributed by atoms with E-state index in [1.54, 1.807) is 0 Å². The van der Waals surface area contributed by atoms with Gasteiger partial charge in [0.15, 0.2) is 0 Å². The molecule has 4 nitrogen and oxygen atoms in total. The van der Waals surface area contributed by atoms with Crippen molar-refractivity contribution in [3.63, 3.8) is 0 Å². The SMILES string of the molecule is CC(C)CN(CC1Cc2nc[nH]c2CN1)C1CCCC1. The smallest absolute Gasteiger partial charge is 0.0925 e. The van der Waals surface area contributed by atoms with Crippen LogP contribution in [0.1, 0.15) is 50.9 Å². The van der Waals surface area contributed by atoms with Crippen molar-refractivity contribution in [2.75, 3.05) is 13.1 Å². The van der Waals surface area contributed by atoms with E-state index in [1.165, 1.54) is 50.2 Å². The zero-order valence-electron chi connectivity index (χ0n) is 12.9. The van der Waals surface area contributed by atoms with Crippen LogP contribution in [0.2, 0.25) is 0 Å². The minimum Gasteiger partial charge on any atom is -0.347 e. The molecular weight excluding hydrogens is 248 g/mol. The Bertz CT molecular complexity index is 420. The quantitative estimate of drug-likeness (QED) is 0.867. The number of nitrogens with zero attached hydrogens (tertiary/aromatic N) is 2. The third-order valence-electron chi connectivity index (χ3n) is 4.71. The fourth-order valence-electron chi connectivity index (χ4n) is 3.75. The van der Waals surface area contributed by atoms with Crippen molar-refractivity contribution in [2.45, 2.75) is 64.6 Å². The zero-order chi connectivity index (χ0) is 13.9. The molecule has 112 valence electrons. The van der Waals surface area contributed by atoms with Crippen LogP contribution in [0.25, 0.3) is 0 Å². The van der Waals surface area contributed by atoms with Gasteiger partial charge in [0.1, 0.15) is 0 Å². The predicted molar refractivity (Wildman–Crippen MR) is 81.6 cm³/mol. The Kier molecular flexibility index (Phi) is 4.41. The lowest BCUT2D eigenvalue weighted by Gasteiger charge is -2.35. The van der Waals surface area contributed by atoms with Gasteiger partial charge in [0, 0.05) is 38.1 Å².